The van der Waals surface area contributed by atoms with E-state index in [0.717, 1.165) is 23.4 Å². The van der Waals surface area contributed by atoms with Crippen LogP contribution in [0.1, 0.15) is 27.2 Å². The first-order valence-corrected chi connectivity index (χ1v) is 7.61. The Morgan fingerprint density at radius 3 is 2.58 bits per heavy atom. The molecule has 7 heteroatoms. The first kappa shape index (κ1) is 17.2. The molecule has 0 saturated heterocycles. The second-order valence-corrected chi connectivity index (χ2v) is 5.48. The summed E-state index contributed by atoms with van der Waals surface area (Å²) in [5, 5.41) is 11.1. The van der Waals surface area contributed by atoms with Gasteiger partial charge in [-0.15, -0.1) is 0 Å². The molecular formula is C19H12F2N4O. The molecule has 3 aromatic rings. The van der Waals surface area contributed by atoms with Crippen molar-refractivity contribution in [2.45, 2.75) is 6.42 Å². The van der Waals surface area contributed by atoms with Crippen molar-refractivity contribution in [2.75, 3.05) is 5.32 Å². The molecule has 0 aliphatic rings. The second-order valence-electron chi connectivity index (χ2n) is 5.48. The van der Waals surface area contributed by atoms with E-state index < -0.39 is 17.4 Å². The van der Waals surface area contributed by atoms with Crippen LogP contribution >= 0.6 is 0 Å². The number of benzene rings is 1. The molecule has 0 spiro atoms. The Morgan fingerprint density at radius 1 is 1.08 bits per heavy atom. The first-order chi connectivity index (χ1) is 12.5. The minimum absolute atomic E-state index is 0.0267. The van der Waals surface area contributed by atoms with E-state index in [9.17, 15) is 13.6 Å². The van der Waals surface area contributed by atoms with Gasteiger partial charge < -0.3 is 5.32 Å². The van der Waals surface area contributed by atoms with Gasteiger partial charge in [-0.3, -0.25) is 4.79 Å². The summed E-state index contributed by atoms with van der Waals surface area (Å²) in [6.07, 6.45) is 3.15. The fourth-order valence-corrected chi connectivity index (χ4v) is 2.33. The number of rotatable bonds is 4. The second kappa shape index (κ2) is 7.49. The number of nitriles is 1. The predicted molar refractivity (Wildman–Crippen MR) is 90.3 cm³/mol. The molecule has 0 bridgehead atoms. The van der Waals surface area contributed by atoms with Gasteiger partial charge >= 0.3 is 0 Å². The highest BCUT2D eigenvalue weighted by molar-refractivity contribution is 6.02. The average Bonchev–Trinajstić information content (AvgIpc) is 2.63. The highest BCUT2D eigenvalue weighted by atomic mass is 19.1. The van der Waals surface area contributed by atoms with Crippen LogP contribution in [0, 0.1) is 23.0 Å². The summed E-state index contributed by atoms with van der Waals surface area (Å²) in [7, 11) is 0. The molecule has 2 aromatic heterocycles. The lowest BCUT2D eigenvalue weighted by Crippen LogP contribution is -2.16. The molecule has 1 aromatic carbocycles. The van der Waals surface area contributed by atoms with Gasteiger partial charge in [-0.1, -0.05) is 18.2 Å². The number of nitrogens with zero attached hydrogens (tertiary/aromatic N) is 3. The summed E-state index contributed by atoms with van der Waals surface area (Å²) in [6, 6.07) is 12.2. The van der Waals surface area contributed by atoms with E-state index in [0.29, 0.717) is 6.42 Å². The number of carbonyl (C=O) groups is 1. The summed E-state index contributed by atoms with van der Waals surface area (Å²) in [5.41, 5.74) is 1.23. The topological polar surface area (TPSA) is 78.7 Å². The molecule has 128 valence electrons. The zero-order chi connectivity index (χ0) is 18.5. The smallest absolute Gasteiger partial charge is 0.278 e. The van der Waals surface area contributed by atoms with Crippen LogP contribution < -0.4 is 5.32 Å². The SMILES string of the molecule is N#Cc1cnc(C(=O)Nc2ccc(Cc3cccc(F)c3)cn2)c(F)c1. The summed E-state index contributed by atoms with van der Waals surface area (Å²) in [5.74, 6) is -1.73. The van der Waals surface area contributed by atoms with Crippen molar-refractivity contribution in [3.8, 4) is 6.07 Å². The zero-order valence-electron chi connectivity index (χ0n) is 13.4. The highest BCUT2D eigenvalue weighted by Crippen LogP contribution is 2.13. The summed E-state index contributed by atoms with van der Waals surface area (Å²) in [4.78, 5) is 19.8. The maximum absolute atomic E-state index is 13.8. The van der Waals surface area contributed by atoms with Crippen LogP contribution in [0.5, 0.6) is 0 Å². The van der Waals surface area contributed by atoms with Crippen molar-refractivity contribution >= 4 is 11.7 Å². The monoisotopic (exact) mass is 350 g/mol. The van der Waals surface area contributed by atoms with Crippen LogP contribution in [0.4, 0.5) is 14.6 Å². The van der Waals surface area contributed by atoms with Crippen LogP contribution in [0.2, 0.25) is 0 Å². The Balaban J connectivity index is 1.69. The Morgan fingerprint density at radius 2 is 1.92 bits per heavy atom. The number of nitrogens with one attached hydrogen (secondary N) is 1. The predicted octanol–water partition coefficient (Wildman–Crippen LogP) is 3.47. The van der Waals surface area contributed by atoms with Crippen molar-refractivity contribution < 1.29 is 13.6 Å². The van der Waals surface area contributed by atoms with Crippen molar-refractivity contribution in [1.82, 2.24) is 9.97 Å². The fraction of sp³-hybridized carbons (Fsp3) is 0.0526. The van der Waals surface area contributed by atoms with Crippen LogP contribution in [0.3, 0.4) is 0 Å². The van der Waals surface area contributed by atoms with Gasteiger partial charge in [0.25, 0.3) is 5.91 Å². The van der Waals surface area contributed by atoms with Crippen LogP contribution in [0.15, 0.2) is 54.9 Å². The van der Waals surface area contributed by atoms with Crippen molar-refractivity contribution in [3.05, 3.63) is 88.9 Å². The number of anilines is 1. The Kier molecular flexibility index (Phi) is 4.94. The largest absolute Gasteiger partial charge is 0.305 e. The Labute approximate surface area is 148 Å². The Hall–Kier alpha value is -3.66. The minimum atomic E-state index is -0.885. The van der Waals surface area contributed by atoms with Crippen LogP contribution in [-0.4, -0.2) is 15.9 Å². The summed E-state index contributed by atoms with van der Waals surface area (Å²) in [6.45, 7) is 0. The van der Waals surface area contributed by atoms with Gasteiger partial charge in [-0.05, 0) is 41.8 Å². The lowest BCUT2D eigenvalue weighted by molar-refractivity contribution is 0.101. The van der Waals surface area contributed by atoms with E-state index in [2.05, 4.69) is 15.3 Å². The van der Waals surface area contributed by atoms with Gasteiger partial charge in [0.2, 0.25) is 0 Å². The van der Waals surface area contributed by atoms with Gasteiger partial charge in [0.15, 0.2) is 11.5 Å². The van der Waals surface area contributed by atoms with Crippen molar-refractivity contribution in [2.24, 2.45) is 0 Å². The molecule has 26 heavy (non-hydrogen) atoms. The minimum Gasteiger partial charge on any atom is -0.305 e. The molecule has 5 nitrogen and oxygen atoms in total. The van der Waals surface area contributed by atoms with Gasteiger partial charge in [-0.25, -0.2) is 18.7 Å². The molecule has 1 amide bonds. The number of pyridine rings is 2. The maximum Gasteiger partial charge on any atom is 0.278 e. The fourth-order valence-electron chi connectivity index (χ4n) is 2.33. The molecule has 3 rings (SSSR count). The normalized spacial score (nSPS) is 10.2. The zero-order valence-corrected chi connectivity index (χ0v) is 13.4. The number of carbonyl (C=O) groups excluding carboxylic acids is 1. The third-order valence-electron chi connectivity index (χ3n) is 3.55. The van der Waals surface area contributed by atoms with Crippen LogP contribution in [0.25, 0.3) is 0 Å². The molecular weight excluding hydrogens is 338 g/mol. The molecule has 0 unspecified atom stereocenters. The number of hydrogen-bond donors (Lipinski definition) is 1. The molecule has 1 N–H and O–H groups in total. The Bertz CT molecular complexity index is 997. The lowest BCUT2D eigenvalue weighted by Gasteiger charge is -2.06. The maximum atomic E-state index is 13.8. The molecule has 0 radical (unpaired) electrons. The average molecular weight is 350 g/mol. The van der Waals surface area contributed by atoms with Gasteiger partial charge in [0.05, 0.1) is 5.56 Å². The number of hydrogen-bond acceptors (Lipinski definition) is 4. The number of aromatic nitrogens is 2. The standard InChI is InChI=1S/C19H12F2N4O/c20-15-3-1-2-12(7-15)6-13-4-5-17(23-10-13)25-19(26)18-16(21)8-14(9-22)11-24-18/h1-5,7-8,10-11H,6H2,(H,23,25,26). The van der Waals surface area contributed by atoms with Crippen molar-refractivity contribution in [1.29, 1.82) is 5.26 Å². The van der Waals surface area contributed by atoms with E-state index in [1.165, 1.54) is 12.1 Å². The van der Waals surface area contributed by atoms with E-state index in [1.807, 2.05) is 0 Å². The molecule has 0 saturated carbocycles. The summed E-state index contributed by atoms with van der Waals surface area (Å²) < 4.78 is 27.0. The lowest BCUT2D eigenvalue weighted by atomic mass is 10.1. The highest BCUT2D eigenvalue weighted by Gasteiger charge is 2.15. The molecule has 2 heterocycles. The quantitative estimate of drug-likeness (QED) is 0.781. The third kappa shape index (κ3) is 4.05. The molecule has 0 fully saturated rings. The molecule has 0 aliphatic carbocycles. The van der Waals surface area contributed by atoms with E-state index in [1.54, 1.807) is 36.5 Å². The number of halogens is 2. The first-order valence-electron chi connectivity index (χ1n) is 7.61. The van der Waals surface area contributed by atoms with Crippen molar-refractivity contribution in [3.63, 3.8) is 0 Å². The van der Waals surface area contributed by atoms with Gasteiger partial charge in [0, 0.05) is 12.4 Å². The van der Waals surface area contributed by atoms with E-state index >= 15 is 0 Å². The molecule has 0 aliphatic heterocycles. The van der Waals surface area contributed by atoms with E-state index in [-0.39, 0.29) is 17.2 Å². The van der Waals surface area contributed by atoms with E-state index in [4.69, 9.17) is 5.26 Å². The van der Waals surface area contributed by atoms with Gasteiger partial charge in [0.1, 0.15) is 17.7 Å². The molecule has 0 atom stereocenters. The third-order valence-corrected chi connectivity index (χ3v) is 3.55. The summed E-state index contributed by atoms with van der Waals surface area (Å²) >= 11 is 0. The van der Waals surface area contributed by atoms with Gasteiger partial charge in [-0.2, -0.15) is 5.26 Å². The van der Waals surface area contributed by atoms with Crippen LogP contribution in [-0.2, 0) is 6.42 Å². The number of amides is 1.